The third-order valence-corrected chi connectivity index (χ3v) is 5.49. The van der Waals surface area contributed by atoms with Gasteiger partial charge in [0.05, 0.1) is 5.56 Å². The van der Waals surface area contributed by atoms with Crippen LogP contribution in [0, 0.1) is 18.8 Å². The van der Waals surface area contributed by atoms with Crippen LogP contribution in [0.4, 0.5) is 19.0 Å². The molecule has 3 nitrogen and oxygen atoms in total. The van der Waals surface area contributed by atoms with Gasteiger partial charge in [0, 0.05) is 17.8 Å². The molecule has 6 heteroatoms. The summed E-state index contributed by atoms with van der Waals surface area (Å²) in [6.07, 6.45) is 2.36. The second-order valence-corrected chi connectivity index (χ2v) is 7.18. The van der Waals surface area contributed by atoms with E-state index in [-0.39, 0.29) is 0 Å². The van der Waals surface area contributed by atoms with E-state index in [2.05, 4.69) is 15.3 Å². The SMILES string of the molecule is Cc1ncc(-c2ccc(C(F)(F)F)cc2)c(N[C@@H]2C[C@@H]3CC[C@H]2C3)n1. The van der Waals surface area contributed by atoms with E-state index < -0.39 is 11.7 Å². The highest BCUT2D eigenvalue weighted by atomic mass is 19.4. The summed E-state index contributed by atoms with van der Waals surface area (Å²) in [5.41, 5.74) is 0.799. The smallest absolute Gasteiger partial charge is 0.366 e. The number of rotatable bonds is 3. The predicted molar refractivity (Wildman–Crippen MR) is 90.1 cm³/mol. The molecule has 0 aliphatic heterocycles. The maximum Gasteiger partial charge on any atom is 0.416 e. The van der Waals surface area contributed by atoms with Crippen molar-refractivity contribution >= 4 is 5.82 Å². The van der Waals surface area contributed by atoms with Crippen LogP contribution in [0.1, 0.15) is 37.1 Å². The van der Waals surface area contributed by atoms with Crippen molar-refractivity contribution in [1.82, 2.24) is 9.97 Å². The first kappa shape index (κ1) is 16.4. The maximum absolute atomic E-state index is 12.8. The van der Waals surface area contributed by atoms with Crippen molar-refractivity contribution < 1.29 is 13.2 Å². The Kier molecular flexibility index (Phi) is 3.93. The van der Waals surface area contributed by atoms with Crippen LogP contribution < -0.4 is 5.32 Å². The second kappa shape index (κ2) is 6.00. The summed E-state index contributed by atoms with van der Waals surface area (Å²) in [4.78, 5) is 8.76. The molecule has 1 aromatic heterocycles. The number of fused-ring (bicyclic) bond motifs is 2. The van der Waals surface area contributed by atoms with Crippen molar-refractivity contribution in [2.75, 3.05) is 5.32 Å². The van der Waals surface area contributed by atoms with Crippen molar-refractivity contribution in [2.45, 2.75) is 44.8 Å². The topological polar surface area (TPSA) is 37.8 Å². The highest BCUT2D eigenvalue weighted by Gasteiger charge is 2.39. The fraction of sp³-hybridized carbons (Fsp3) is 0.474. The van der Waals surface area contributed by atoms with Crippen molar-refractivity contribution in [3.05, 3.63) is 41.9 Å². The molecule has 2 saturated carbocycles. The molecule has 0 spiro atoms. The number of alkyl halides is 3. The first-order valence-corrected chi connectivity index (χ1v) is 8.68. The molecule has 0 amide bonds. The summed E-state index contributed by atoms with van der Waals surface area (Å²) in [5, 5.41) is 3.55. The fourth-order valence-corrected chi connectivity index (χ4v) is 4.23. The van der Waals surface area contributed by atoms with E-state index in [1.807, 2.05) is 6.92 Å². The zero-order chi connectivity index (χ0) is 17.6. The number of nitrogens with one attached hydrogen (secondary N) is 1. The lowest BCUT2D eigenvalue weighted by Crippen LogP contribution is -2.26. The van der Waals surface area contributed by atoms with Gasteiger partial charge in [-0.1, -0.05) is 18.6 Å². The van der Waals surface area contributed by atoms with Crippen LogP contribution in [0.5, 0.6) is 0 Å². The minimum absolute atomic E-state index is 0.404. The summed E-state index contributed by atoms with van der Waals surface area (Å²) in [6, 6.07) is 5.60. The minimum atomic E-state index is -4.33. The molecule has 25 heavy (non-hydrogen) atoms. The van der Waals surface area contributed by atoms with Gasteiger partial charge in [-0.15, -0.1) is 0 Å². The van der Waals surface area contributed by atoms with E-state index in [4.69, 9.17) is 0 Å². The number of aryl methyl sites for hydroxylation is 1. The van der Waals surface area contributed by atoms with E-state index >= 15 is 0 Å². The van der Waals surface area contributed by atoms with E-state index in [9.17, 15) is 13.2 Å². The summed E-state index contributed by atoms with van der Waals surface area (Å²) in [6.45, 7) is 1.82. The Balaban J connectivity index is 1.63. The number of benzene rings is 1. The van der Waals surface area contributed by atoms with Crippen LogP contribution >= 0.6 is 0 Å². The predicted octanol–water partition coefficient (Wildman–Crippen LogP) is 5.07. The lowest BCUT2D eigenvalue weighted by atomic mass is 9.95. The third-order valence-electron chi connectivity index (χ3n) is 5.49. The molecule has 132 valence electrons. The van der Waals surface area contributed by atoms with Crippen LogP contribution in [0.3, 0.4) is 0 Å². The summed E-state index contributed by atoms with van der Waals surface area (Å²) in [5.74, 6) is 2.87. The molecule has 2 aliphatic rings. The molecular formula is C19H20F3N3. The fourth-order valence-electron chi connectivity index (χ4n) is 4.23. The first-order valence-electron chi connectivity index (χ1n) is 8.68. The first-order chi connectivity index (χ1) is 11.9. The zero-order valence-corrected chi connectivity index (χ0v) is 14.0. The van der Waals surface area contributed by atoms with Crippen molar-refractivity contribution in [3.63, 3.8) is 0 Å². The van der Waals surface area contributed by atoms with Crippen LogP contribution in [-0.2, 0) is 6.18 Å². The quantitative estimate of drug-likeness (QED) is 0.842. The van der Waals surface area contributed by atoms with Crippen LogP contribution in [0.25, 0.3) is 11.1 Å². The molecule has 2 aromatic rings. The number of hydrogen-bond acceptors (Lipinski definition) is 3. The number of anilines is 1. The van der Waals surface area contributed by atoms with Crippen LogP contribution in [-0.4, -0.2) is 16.0 Å². The molecule has 0 unspecified atom stereocenters. The lowest BCUT2D eigenvalue weighted by Gasteiger charge is -2.24. The summed E-state index contributed by atoms with van der Waals surface area (Å²) < 4.78 is 38.3. The van der Waals surface area contributed by atoms with E-state index in [0.29, 0.717) is 23.3 Å². The lowest BCUT2D eigenvalue weighted by molar-refractivity contribution is -0.137. The largest absolute Gasteiger partial charge is 0.416 e. The number of halogens is 3. The van der Waals surface area contributed by atoms with Gasteiger partial charge in [-0.2, -0.15) is 13.2 Å². The summed E-state index contributed by atoms with van der Waals surface area (Å²) in [7, 11) is 0. The molecule has 0 saturated heterocycles. The van der Waals surface area contributed by atoms with E-state index in [1.165, 1.54) is 31.4 Å². The van der Waals surface area contributed by atoms with E-state index in [0.717, 1.165) is 35.9 Å². The monoisotopic (exact) mass is 347 g/mol. The zero-order valence-electron chi connectivity index (χ0n) is 14.0. The van der Waals surface area contributed by atoms with Gasteiger partial charge in [-0.25, -0.2) is 9.97 Å². The summed E-state index contributed by atoms with van der Waals surface area (Å²) >= 11 is 0. The Morgan fingerprint density at radius 3 is 2.44 bits per heavy atom. The molecular weight excluding hydrogens is 327 g/mol. The van der Waals surface area contributed by atoms with Crippen molar-refractivity contribution in [1.29, 1.82) is 0 Å². The van der Waals surface area contributed by atoms with Gasteiger partial charge in [0.2, 0.25) is 0 Å². The molecule has 4 rings (SSSR count). The van der Waals surface area contributed by atoms with Gasteiger partial charge in [0.25, 0.3) is 0 Å². The Hall–Kier alpha value is -2.11. The van der Waals surface area contributed by atoms with Gasteiger partial charge in [-0.3, -0.25) is 0 Å². The molecule has 2 fully saturated rings. The Labute approximate surface area is 144 Å². The second-order valence-electron chi connectivity index (χ2n) is 7.18. The maximum atomic E-state index is 12.8. The van der Waals surface area contributed by atoms with Gasteiger partial charge in [-0.05, 0) is 55.7 Å². The molecule has 3 atom stereocenters. The third kappa shape index (κ3) is 3.22. The van der Waals surface area contributed by atoms with E-state index in [1.54, 1.807) is 6.20 Å². The molecule has 1 aromatic carbocycles. The number of nitrogens with zero attached hydrogens (tertiary/aromatic N) is 2. The average molecular weight is 347 g/mol. The van der Waals surface area contributed by atoms with Gasteiger partial charge in [0.15, 0.2) is 0 Å². The standard InChI is InChI=1S/C19H20F3N3/c1-11-23-10-16(13-4-6-15(7-5-13)19(20,21)22)18(24-11)25-17-9-12-2-3-14(17)8-12/h4-7,10,12,14,17H,2-3,8-9H2,1H3,(H,23,24,25)/t12-,14+,17-/m1/s1. The molecule has 1 N–H and O–H groups in total. The Bertz CT molecular complexity index is 770. The highest BCUT2D eigenvalue weighted by molar-refractivity contribution is 5.74. The van der Waals surface area contributed by atoms with Crippen molar-refractivity contribution in [2.24, 2.45) is 11.8 Å². The molecule has 0 radical (unpaired) electrons. The van der Waals surface area contributed by atoms with Gasteiger partial charge < -0.3 is 5.32 Å². The Morgan fingerprint density at radius 2 is 1.84 bits per heavy atom. The van der Waals surface area contributed by atoms with Gasteiger partial charge in [0.1, 0.15) is 11.6 Å². The number of aromatic nitrogens is 2. The highest BCUT2D eigenvalue weighted by Crippen LogP contribution is 2.46. The van der Waals surface area contributed by atoms with Crippen molar-refractivity contribution in [3.8, 4) is 11.1 Å². The molecule has 2 bridgehead atoms. The molecule has 1 heterocycles. The normalized spacial score (nSPS) is 25.4. The van der Waals surface area contributed by atoms with Crippen LogP contribution in [0.15, 0.2) is 30.5 Å². The van der Waals surface area contributed by atoms with Crippen LogP contribution in [0.2, 0.25) is 0 Å². The van der Waals surface area contributed by atoms with Gasteiger partial charge >= 0.3 is 6.18 Å². The Morgan fingerprint density at radius 1 is 1.08 bits per heavy atom. The average Bonchev–Trinajstić information content (AvgIpc) is 3.17. The number of hydrogen-bond donors (Lipinski definition) is 1. The minimum Gasteiger partial charge on any atom is -0.366 e. The molecule has 2 aliphatic carbocycles.